The molecule has 76 valence electrons. The first kappa shape index (κ1) is 10.5. The van der Waals surface area contributed by atoms with E-state index < -0.39 is 0 Å². The summed E-state index contributed by atoms with van der Waals surface area (Å²) >= 11 is 0. The Kier molecular flexibility index (Phi) is 3.06. The third kappa shape index (κ3) is 1.84. The summed E-state index contributed by atoms with van der Waals surface area (Å²) in [4.78, 5) is 17.9. The van der Waals surface area contributed by atoms with Crippen molar-refractivity contribution in [2.24, 2.45) is 10.9 Å². The zero-order chi connectivity index (χ0) is 10.7. The molecule has 0 radical (unpaired) electrons. The van der Waals surface area contributed by atoms with Crippen molar-refractivity contribution in [2.75, 3.05) is 7.05 Å². The van der Waals surface area contributed by atoms with Crippen LogP contribution in [0.25, 0.3) is 5.70 Å². The molecule has 0 spiro atoms. The summed E-state index contributed by atoms with van der Waals surface area (Å²) in [5, 5.41) is 0. The third-order valence-corrected chi connectivity index (χ3v) is 2.06. The lowest BCUT2D eigenvalue weighted by Crippen LogP contribution is -2.36. The third-order valence-electron chi connectivity index (χ3n) is 2.06. The molecule has 0 aliphatic carbocycles. The first-order chi connectivity index (χ1) is 6.57. The summed E-state index contributed by atoms with van der Waals surface area (Å²) in [7, 11) is 1.59. The summed E-state index contributed by atoms with van der Waals surface area (Å²) in [6.07, 6.45) is 3.34. The van der Waals surface area contributed by atoms with Crippen molar-refractivity contribution in [1.82, 2.24) is 9.55 Å². The van der Waals surface area contributed by atoms with E-state index in [2.05, 4.69) is 16.6 Å². The zero-order valence-corrected chi connectivity index (χ0v) is 8.74. The minimum absolute atomic E-state index is 0.197. The Morgan fingerprint density at radius 3 is 2.79 bits per heavy atom. The molecule has 0 atom stereocenters. The average molecular weight is 193 g/mol. The second-order valence-electron chi connectivity index (χ2n) is 3.35. The van der Waals surface area contributed by atoms with Gasteiger partial charge in [0, 0.05) is 25.1 Å². The van der Waals surface area contributed by atoms with E-state index in [1.54, 1.807) is 24.0 Å². The van der Waals surface area contributed by atoms with Gasteiger partial charge in [0.15, 0.2) is 5.49 Å². The zero-order valence-electron chi connectivity index (χ0n) is 8.74. The van der Waals surface area contributed by atoms with Gasteiger partial charge in [0.1, 0.15) is 0 Å². The largest absolute Gasteiger partial charge is 0.324 e. The Morgan fingerprint density at radius 2 is 2.29 bits per heavy atom. The van der Waals surface area contributed by atoms with Crippen LogP contribution >= 0.6 is 0 Å². The molecule has 1 heterocycles. The van der Waals surface area contributed by atoms with Gasteiger partial charge in [-0.25, -0.2) is 0 Å². The molecule has 1 aromatic rings. The SMILES string of the molecule is C=C(C(C)C)n1cc[nH]c(=O)/c1=N/C. The molecule has 1 aromatic heterocycles. The lowest BCUT2D eigenvalue weighted by molar-refractivity contribution is 0.759. The first-order valence-electron chi connectivity index (χ1n) is 4.50. The number of aromatic amines is 1. The number of rotatable bonds is 2. The summed E-state index contributed by atoms with van der Waals surface area (Å²) in [6.45, 7) is 7.97. The van der Waals surface area contributed by atoms with Gasteiger partial charge in [0.25, 0.3) is 5.56 Å². The van der Waals surface area contributed by atoms with Gasteiger partial charge in [-0.3, -0.25) is 9.79 Å². The van der Waals surface area contributed by atoms with Crippen molar-refractivity contribution in [3.8, 4) is 0 Å². The van der Waals surface area contributed by atoms with E-state index in [9.17, 15) is 4.79 Å². The van der Waals surface area contributed by atoms with Gasteiger partial charge in [0.05, 0.1) is 0 Å². The van der Waals surface area contributed by atoms with Crippen LogP contribution in [0.1, 0.15) is 13.8 Å². The predicted octanol–water partition coefficient (Wildman–Crippen LogP) is 0.834. The second-order valence-corrected chi connectivity index (χ2v) is 3.35. The number of nitrogens with one attached hydrogen (secondary N) is 1. The van der Waals surface area contributed by atoms with E-state index in [4.69, 9.17) is 0 Å². The normalized spacial score (nSPS) is 12.1. The van der Waals surface area contributed by atoms with Gasteiger partial charge in [-0.2, -0.15) is 0 Å². The molecule has 0 saturated carbocycles. The van der Waals surface area contributed by atoms with Crippen LogP contribution in [0.5, 0.6) is 0 Å². The van der Waals surface area contributed by atoms with Gasteiger partial charge in [-0.05, 0) is 5.92 Å². The Labute approximate surface area is 82.6 Å². The summed E-state index contributed by atoms with van der Waals surface area (Å²) in [5.74, 6) is 0.280. The number of nitrogens with zero attached hydrogens (tertiary/aromatic N) is 2. The van der Waals surface area contributed by atoms with Crippen LogP contribution in [-0.2, 0) is 0 Å². The fourth-order valence-electron chi connectivity index (χ4n) is 1.15. The fourth-order valence-corrected chi connectivity index (χ4v) is 1.15. The summed E-state index contributed by atoms with van der Waals surface area (Å²) in [6, 6.07) is 0. The van der Waals surface area contributed by atoms with Crippen molar-refractivity contribution >= 4 is 5.70 Å². The molecule has 0 fully saturated rings. The molecular weight excluding hydrogens is 178 g/mol. The highest BCUT2D eigenvalue weighted by molar-refractivity contribution is 5.42. The monoisotopic (exact) mass is 193 g/mol. The van der Waals surface area contributed by atoms with E-state index in [1.807, 2.05) is 13.8 Å². The molecule has 4 heteroatoms. The van der Waals surface area contributed by atoms with Crippen LogP contribution in [0.2, 0.25) is 0 Å². The molecular formula is C10H15N3O. The maximum atomic E-state index is 11.4. The molecule has 14 heavy (non-hydrogen) atoms. The Bertz CT molecular complexity index is 451. The van der Waals surface area contributed by atoms with E-state index in [1.165, 1.54) is 0 Å². The van der Waals surface area contributed by atoms with E-state index in [0.29, 0.717) is 5.49 Å². The fraction of sp³-hybridized carbons (Fsp3) is 0.400. The molecule has 1 N–H and O–H groups in total. The minimum atomic E-state index is -0.197. The van der Waals surface area contributed by atoms with Crippen LogP contribution in [0, 0.1) is 5.92 Å². The van der Waals surface area contributed by atoms with Gasteiger partial charge >= 0.3 is 0 Å². The lowest BCUT2D eigenvalue weighted by atomic mass is 10.1. The maximum Gasteiger partial charge on any atom is 0.291 e. The number of allylic oxidation sites excluding steroid dienone is 1. The summed E-state index contributed by atoms with van der Waals surface area (Å²) in [5.41, 5.74) is 1.04. The van der Waals surface area contributed by atoms with Crippen molar-refractivity contribution in [3.05, 3.63) is 34.8 Å². The Morgan fingerprint density at radius 1 is 1.64 bits per heavy atom. The average Bonchev–Trinajstić information content (AvgIpc) is 2.16. The highest BCUT2D eigenvalue weighted by Crippen LogP contribution is 2.09. The number of H-pyrrole nitrogens is 1. The molecule has 0 aliphatic rings. The molecule has 0 unspecified atom stereocenters. The van der Waals surface area contributed by atoms with Crippen LogP contribution < -0.4 is 11.0 Å². The van der Waals surface area contributed by atoms with Gasteiger partial charge < -0.3 is 9.55 Å². The van der Waals surface area contributed by atoms with E-state index in [0.717, 1.165) is 5.70 Å². The molecule has 0 aliphatic heterocycles. The number of aromatic nitrogens is 2. The molecule has 0 saturated heterocycles. The minimum Gasteiger partial charge on any atom is -0.324 e. The van der Waals surface area contributed by atoms with Crippen molar-refractivity contribution in [3.63, 3.8) is 0 Å². The van der Waals surface area contributed by atoms with Gasteiger partial charge in [-0.1, -0.05) is 20.4 Å². The quantitative estimate of drug-likeness (QED) is 0.743. The van der Waals surface area contributed by atoms with Gasteiger partial charge in [-0.15, -0.1) is 0 Å². The van der Waals surface area contributed by atoms with Crippen molar-refractivity contribution in [2.45, 2.75) is 13.8 Å². The van der Waals surface area contributed by atoms with Crippen molar-refractivity contribution < 1.29 is 0 Å². The van der Waals surface area contributed by atoms with Gasteiger partial charge in [0.2, 0.25) is 0 Å². The van der Waals surface area contributed by atoms with Crippen LogP contribution in [-0.4, -0.2) is 16.6 Å². The first-order valence-corrected chi connectivity index (χ1v) is 4.50. The molecule has 1 rings (SSSR count). The predicted molar refractivity (Wildman–Crippen MR) is 56.7 cm³/mol. The maximum absolute atomic E-state index is 11.4. The topological polar surface area (TPSA) is 50.1 Å². The molecule has 4 nitrogen and oxygen atoms in total. The standard InChI is InChI=1S/C10H15N3O/c1-7(2)8(3)13-6-5-12-10(14)9(13)11-4/h5-7H,3H2,1-2,4H3,(H,12,14)/b11-9-. The highest BCUT2D eigenvalue weighted by atomic mass is 16.1. The van der Waals surface area contributed by atoms with E-state index in [-0.39, 0.29) is 11.5 Å². The molecule has 0 amide bonds. The van der Waals surface area contributed by atoms with E-state index >= 15 is 0 Å². The smallest absolute Gasteiger partial charge is 0.291 e. The lowest BCUT2D eigenvalue weighted by Gasteiger charge is -2.12. The van der Waals surface area contributed by atoms with Crippen LogP contribution in [0.3, 0.4) is 0 Å². The molecule has 0 bridgehead atoms. The summed E-state index contributed by atoms with van der Waals surface area (Å²) < 4.78 is 1.71. The Hall–Kier alpha value is -1.58. The second kappa shape index (κ2) is 4.09. The molecule has 0 aromatic carbocycles. The highest BCUT2D eigenvalue weighted by Gasteiger charge is 2.04. The Balaban J connectivity index is 3.44. The number of hydrogen-bond donors (Lipinski definition) is 1. The van der Waals surface area contributed by atoms with Crippen LogP contribution in [0.4, 0.5) is 0 Å². The van der Waals surface area contributed by atoms with Crippen molar-refractivity contribution in [1.29, 1.82) is 0 Å². The van der Waals surface area contributed by atoms with Crippen LogP contribution in [0.15, 0.2) is 28.8 Å². The number of hydrogen-bond acceptors (Lipinski definition) is 2.